The standard InChI is InChI=1S/C15H14N2O4/c18-13(17-12(15(19)20)9-6-7-9)11-8-21-14(16-11)10-4-2-1-3-5-10/h1-5,8-9,12H,6-7H2,(H,17,18)(H,19,20). The van der Waals surface area contributed by atoms with E-state index in [0.29, 0.717) is 5.89 Å². The lowest BCUT2D eigenvalue weighted by atomic mass is 10.2. The number of rotatable bonds is 5. The molecule has 0 spiro atoms. The van der Waals surface area contributed by atoms with Crippen molar-refractivity contribution in [1.29, 1.82) is 0 Å². The summed E-state index contributed by atoms with van der Waals surface area (Å²) in [5.41, 5.74) is 0.842. The van der Waals surface area contributed by atoms with Crippen molar-refractivity contribution >= 4 is 11.9 Å². The highest BCUT2D eigenvalue weighted by molar-refractivity contribution is 5.95. The lowest BCUT2D eigenvalue weighted by Crippen LogP contribution is -2.42. The van der Waals surface area contributed by atoms with Gasteiger partial charge in [-0.25, -0.2) is 9.78 Å². The van der Waals surface area contributed by atoms with Gasteiger partial charge in [-0.15, -0.1) is 0 Å². The van der Waals surface area contributed by atoms with Crippen molar-refractivity contribution in [3.05, 3.63) is 42.3 Å². The van der Waals surface area contributed by atoms with Gasteiger partial charge in [-0.1, -0.05) is 18.2 Å². The van der Waals surface area contributed by atoms with Crippen LogP contribution in [0.5, 0.6) is 0 Å². The fourth-order valence-electron chi connectivity index (χ4n) is 2.12. The minimum atomic E-state index is -1.02. The van der Waals surface area contributed by atoms with Crippen LogP contribution in [0.2, 0.25) is 0 Å². The van der Waals surface area contributed by atoms with Gasteiger partial charge >= 0.3 is 5.97 Å². The van der Waals surface area contributed by atoms with Crippen LogP contribution in [-0.2, 0) is 4.79 Å². The molecule has 0 radical (unpaired) electrons. The number of nitrogens with one attached hydrogen (secondary N) is 1. The Balaban J connectivity index is 1.73. The minimum Gasteiger partial charge on any atom is -0.480 e. The zero-order valence-electron chi connectivity index (χ0n) is 11.2. The van der Waals surface area contributed by atoms with Crippen LogP contribution in [0, 0.1) is 5.92 Å². The second-order valence-electron chi connectivity index (χ2n) is 5.03. The van der Waals surface area contributed by atoms with Crippen LogP contribution in [0.15, 0.2) is 41.0 Å². The number of oxazole rings is 1. The van der Waals surface area contributed by atoms with Gasteiger partial charge in [0.2, 0.25) is 5.89 Å². The molecule has 1 aromatic heterocycles. The van der Waals surface area contributed by atoms with E-state index in [1.54, 1.807) is 0 Å². The van der Waals surface area contributed by atoms with Gasteiger partial charge in [0.25, 0.3) is 5.91 Å². The summed E-state index contributed by atoms with van der Waals surface area (Å²) in [5, 5.41) is 11.6. The molecule has 1 aromatic carbocycles. The number of aromatic nitrogens is 1. The first kappa shape index (κ1) is 13.4. The molecule has 1 saturated carbocycles. The van der Waals surface area contributed by atoms with Gasteiger partial charge in [0.05, 0.1) is 0 Å². The van der Waals surface area contributed by atoms with E-state index < -0.39 is 17.9 Å². The van der Waals surface area contributed by atoms with Crippen LogP contribution >= 0.6 is 0 Å². The molecule has 1 unspecified atom stereocenters. The molecule has 0 aliphatic heterocycles. The second kappa shape index (κ2) is 5.40. The highest BCUT2D eigenvalue weighted by Crippen LogP contribution is 2.32. The normalized spacial score (nSPS) is 15.4. The van der Waals surface area contributed by atoms with Crippen molar-refractivity contribution in [1.82, 2.24) is 10.3 Å². The molecule has 0 saturated heterocycles. The van der Waals surface area contributed by atoms with Crippen LogP contribution in [0.25, 0.3) is 11.5 Å². The summed E-state index contributed by atoms with van der Waals surface area (Å²) >= 11 is 0. The van der Waals surface area contributed by atoms with E-state index in [0.717, 1.165) is 18.4 Å². The molecule has 3 rings (SSSR count). The molecule has 1 aliphatic carbocycles. The molecule has 1 aliphatic rings. The molecular formula is C15H14N2O4. The Morgan fingerprint density at radius 2 is 2.00 bits per heavy atom. The predicted molar refractivity (Wildman–Crippen MR) is 73.6 cm³/mol. The summed E-state index contributed by atoms with van der Waals surface area (Å²) in [6, 6.07) is 8.33. The third kappa shape index (κ3) is 2.94. The van der Waals surface area contributed by atoms with E-state index in [-0.39, 0.29) is 11.6 Å². The van der Waals surface area contributed by atoms with Gasteiger partial charge < -0.3 is 14.8 Å². The maximum Gasteiger partial charge on any atom is 0.326 e. The number of amides is 1. The first-order chi connectivity index (χ1) is 10.1. The van der Waals surface area contributed by atoms with E-state index in [1.165, 1.54) is 6.26 Å². The number of carboxylic acid groups (broad SMARTS) is 1. The lowest BCUT2D eigenvalue weighted by Gasteiger charge is -2.11. The minimum absolute atomic E-state index is 0.0203. The first-order valence-electron chi connectivity index (χ1n) is 6.70. The van der Waals surface area contributed by atoms with Gasteiger partial charge in [-0.2, -0.15) is 0 Å². The monoisotopic (exact) mass is 286 g/mol. The number of hydrogen-bond donors (Lipinski definition) is 2. The van der Waals surface area contributed by atoms with Gasteiger partial charge in [-0.3, -0.25) is 4.79 Å². The molecule has 6 heteroatoms. The van der Waals surface area contributed by atoms with Gasteiger partial charge in [0, 0.05) is 5.56 Å². The summed E-state index contributed by atoms with van der Waals surface area (Å²) in [5.74, 6) is -1.19. The molecular weight excluding hydrogens is 272 g/mol. The summed E-state index contributed by atoms with van der Waals surface area (Å²) in [4.78, 5) is 27.3. The van der Waals surface area contributed by atoms with E-state index >= 15 is 0 Å². The number of aliphatic carboxylic acids is 1. The van der Waals surface area contributed by atoms with Crippen molar-refractivity contribution in [3.8, 4) is 11.5 Å². The molecule has 1 amide bonds. The van der Waals surface area contributed by atoms with Gasteiger partial charge in [0.15, 0.2) is 5.69 Å². The van der Waals surface area contributed by atoms with Crippen LogP contribution in [-0.4, -0.2) is 28.0 Å². The van der Waals surface area contributed by atoms with Crippen molar-refractivity contribution < 1.29 is 19.1 Å². The number of carboxylic acids is 1. The van der Waals surface area contributed by atoms with Crippen LogP contribution in [0.1, 0.15) is 23.3 Å². The Bertz CT molecular complexity index is 661. The second-order valence-corrected chi connectivity index (χ2v) is 5.03. The molecule has 1 heterocycles. The van der Waals surface area contributed by atoms with E-state index in [1.807, 2.05) is 30.3 Å². The van der Waals surface area contributed by atoms with Crippen molar-refractivity contribution in [3.63, 3.8) is 0 Å². The third-order valence-electron chi connectivity index (χ3n) is 3.40. The third-order valence-corrected chi connectivity index (χ3v) is 3.40. The highest BCUT2D eigenvalue weighted by Gasteiger charge is 2.37. The van der Waals surface area contributed by atoms with Gasteiger partial charge in [-0.05, 0) is 30.9 Å². The Hall–Kier alpha value is -2.63. The largest absolute Gasteiger partial charge is 0.480 e. The quantitative estimate of drug-likeness (QED) is 0.876. The lowest BCUT2D eigenvalue weighted by molar-refractivity contribution is -0.139. The molecule has 2 aromatic rings. The Morgan fingerprint density at radius 3 is 2.62 bits per heavy atom. The molecule has 108 valence electrons. The Morgan fingerprint density at radius 1 is 1.29 bits per heavy atom. The fraction of sp³-hybridized carbons (Fsp3) is 0.267. The highest BCUT2D eigenvalue weighted by atomic mass is 16.4. The average Bonchev–Trinajstić information content (AvgIpc) is 3.20. The SMILES string of the molecule is O=C(NC(C(=O)O)C1CC1)c1coc(-c2ccccc2)n1. The first-order valence-corrected chi connectivity index (χ1v) is 6.70. The van der Waals surface area contributed by atoms with Crippen LogP contribution in [0.3, 0.4) is 0 Å². The molecule has 1 atom stereocenters. The van der Waals surface area contributed by atoms with E-state index in [9.17, 15) is 9.59 Å². The smallest absolute Gasteiger partial charge is 0.326 e. The van der Waals surface area contributed by atoms with Crippen molar-refractivity contribution in [2.45, 2.75) is 18.9 Å². The van der Waals surface area contributed by atoms with E-state index in [4.69, 9.17) is 9.52 Å². The Labute approximate surface area is 120 Å². The van der Waals surface area contributed by atoms with Crippen molar-refractivity contribution in [2.24, 2.45) is 5.92 Å². The fourth-order valence-corrected chi connectivity index (χ4v) is 2.12. The number of nitrogens with zero attached hydrogens (tertiary/aromatic N) is 1. The molecule has 0 bridgehead atoms. The predicted octanol–water partition coefficient (Wildman–Crippen LogP) is 1.93. The number of benzene rings is 1. The average molecular weight is 286 g/mol. The summed E-state index contributed by atoms with van der Waals surface area (Å²) in [6.07, 6.45) is 2.89. The molecule has 2 N–H and O–H groups in total. The van der Waals surface area contributed by atoms with Crippen LogP contribution < -0.4 is 5.32 Å². The maximum atomic E-state index is 12.0. The van der Waals surface area contributed by atoms with Crippen molar-refractivity contribution in [2.75, 3.05) is 0 Å². The maximum absolute atomic E-state index is 12.0. The molecule has 6 nitrogen and oxygen atoms in total. The Kier molecular flexibility index (Phi) is 3.43. The van der Waals surface area contributed by atoms with E-state index in [2.05, 4.69) is 10.3 Å². The van der Waals surface area contributed by atoms with Crippen LogP contribution in [0.4, 0.5) is 0 Å². The topological polar surface area (TPSA) is 92.4 Å². The summed E-state index contributed by atoms with van der Waals surface area (Å²) in [6.45, 7) is 0. The number of hydrogen-bond acceptors (Lipinski definition) is 4. The number of carbonyl (C=O) groups excluding carboxylic acids is 1. The number of carbonyl (C=O) groups is 2. The van der Waals surface area contributed by atoms with Gasteiger partial charge in [0.1, 0.15) is 12.3 Å². The molecule has 21 heavy (non-hydrogen) atoms. The summed E-state index contributed by atoms with van der Waals surface area (Å²) in [7, 11) is 0. The molecule has 1 fully saturated rings. The summed E-state index contributed by atoms with van der Waals surface area (Å²) < 4.78 is 5.27. The zero-order chi connectivity index (χ0) is 14.8. The zero-order valence-corrected chi connectivity index (χ0v) is 11.2.